The Morgan fingerprint density at radius 2 is 1.70 bits per heavy atom. The van der Waals surface area contributed by atoms with E-state index in [0.717, 1.165) is 25.3 Å². The standard InChI is InChI=1S/C32H29F7O6SSi/c1-16-13-18(24(40)6-4-5-17-9-11-44-12-10-17)7-8-19(16)25-20-14-22(33)28(41)26(35)30(20)47(2,3)31-21(25)15-23(34)29(27(31)36)45-46(42,43)32(37,38)39/h7-8,13-15,17H,4-6,9-12H2,1-3H3. The lowest BCUT2D eigenvalue weighted by Crippen LogP contribution is -2.52. The number of alkyl halides is 3. The molecule has 2 aromatic carbocycles. The zero-order valence-electron chi connectivity index (χ0n) is 25.4. The highest BCUT2D eigenvalue weighted by molar-refractivity contribution is 7.88. The third kappa shape index (κ3) is 6.24. The van der Waals surface area contributed by atoms with Crippen molar-refractivity contribution in [3.63, 3.8) is 0 Å². The van der Waals surface area contributed by atoms with E-state index < -0.39 is 68.9 Å². The number of halogens is 7. The molecule has 252 valence electrons. The van der Waals surface area contributed by atoms with E-state index in [2.05, 4.69) is 4.18 Å². The summed E-state index contributed by atoms with van der Waals surface area (Å²) in [6, 6.07) is 4.91. The molecule has 0 aromatic heterocycles. The van der Waals surface area contributed by atoms with Crippen LogP contribution in [-0.4, -0.2) is 46.8 Å². The smallest absolute Gasteiger partial charge is 0.381 e. The average molecular weight is 703 g/mol. The van der Waals surface area contributed by atoms with E-state index in [1.807, 2.05) is 0 Å². The zero-order chi connectivity index (χ0) is 34.6. The van der Waals surface area contributed by atoms with Gasteiger partial charge < -0.3 is 8.92 Å². The van der Waals surface area contributed by atoms with Crippen LogP contribution in [0.15, 0.2) is 52.8 Å². The Labute approximate surface area is 267 Å². The molecule has 1 aliphatic carbocycles. The van der Waals surface area contributed by atoms with Crippen molar-refractivity contribution < 1.29 is 57.7 Å². The predicted molar refractivity (Wildman–Crippen MR) is 160 cm³/mol. The summed E-state index contributed by atoms with van der Waals surface area (Å²) in [4.78, 5) is 25.4. The number of carbonyl (C=O) groups is 2. The summed E-state index contributed by atoms with van der Waals surface area (Å²) < 4.78 is 134. The number of Topliss-reactive ketones (excluding diaryl/α,β-unsaturated/α-hetero) is 2. The summed E-state index contributed by atoms with van der Waals surface area (Å²) in [6.07, 6.45) is 4.32. The third-order valence-corrected chi connectivity index (χ3v) is 13.2. The molecule has 15 heteroatoms. The highest BCUT2D eigenvalue weighted by Crippen LogP contribution is 2.47. The Morgan fingerprint density at radius 1 is 1.04 bits per heavy atom. The summed E-state index contributed by atoms with van der Waals surface area (Å²) in [7, 11) is -10.4. The van der Waals surface area contributed by atoms with E-state index in [0.29, 0.717) is 42.7 Å². The number of carbonyl (C=O) groups excluding carboxylic acids is 2. The molecule has 0 spiro atoms. The van der Waals surface area contributed by atoms with Crippen molar-refractivity contribution in [2.75, 3.05) is 13.2 Å². The summed E-state index contributed by atoms with van der Waals surface area (Å²) in [5.74, 6) is -9.94. The fraction of sp³-hybridized carbons (Fsp3) is 0.375. The molecule has 1 saturated heterocycles. The number of rotatable bonds is 8. The molecule has 0 atom stereocenters. The van der Waals surface area contributed by atoms with Crippen LogP contribution in [0, 0.1) is 24.5 Å². The van der Waals surface area contributed by atoms with Gasteiger partial charge in [0.1, 0.15) is 8.07 Å². The lowest BCUT2D eigenvalue weighted by Gasteiger charge is -2.38. The van der Waals surface area contributed by atoms with Crippen LogP contribution in [-0.2, 0) is 19.6 Å². The van der Waals surface area contributed by atoms with Gasteiger partial charge in [-0.05, 0) is 95.0 Å². The van der Waals surface area contributed by atoms with Gasteiger partial charge in [-0.15, -0.1) is 0 Å². The first-order valence-corrected chi connectivity index (χ1v) is 19.1. The Kier molecular flexibility index (Phi) is 9.22. The molecule has 0 bridgehead atoms. The van der Waals surface area contributed by atoms with Crippen molar-refractivity contribution >= 4 is 40.5 Å². The number of benzene rings is 2. The second-order valence-electron chi connectivity index (χ2n) is 12.2. The fourth-order valence-electron chi connectivity index (χ4n) is 6.46. The van der Waals surface area contributed by atoms with Crippen LogP contribution >= 0.6 is 0 Å². The first-order chi connectivity index (χ1) is 21.9. The van der Waals surface area contributed by atoms with E-state index in [1.165, 1.54) is 31.3 Å². The van der Waals surface area contributed by atoms with Crippen molar-refractivity contribution in [3.8, 4) is 5.75 Å². The van der Waals surface area contributed by atoms with Gasteiger partial charge in [-0.1, -0.05) is 25.2 Å². The second-order valence-corrected chi connectivity index (χ2v) is 18.0. The van der Waals surface area contributed by atoms with Crippen molar-refractivity contribution in [2.45, 2.75) is 57.6 Å². The molecule has 1 fully saturated rings. The van der Waals surface area contributed by atoms with Gasteiger partial charge >= 0.3 is 15.6 Å². The second kappa shape index (κ2) is 12.5. The van der Waals surface area contributed by atoms with Gasteiger partial charge in [-0.2, -0.15) is 21.6 Å². The Morgan fingerprint density at radius 3 is 2.32 bits per heavy atom. The molecule has 6 nitrogen and oxygen atoms in total. The van der Waals surface area contributed by atoms with E-state index in [1.54, 1.807) is 6.92 Å². The average Bonchev–Trinajstić information content (AvgIpc) is 2.98. The molecular weight excluding hydrogens is 673 g/mol. The van der Waals surface area contributed by atoms with E-state index in [4.69, 9.17) is 4.74 Å². The number of hydrogen-bond donors (Lipinski definition) is 0. The first-order valence-electron chi connectivity index (χ1n) is 14.7. The maximum absolute atomic E-state index is 16.1. The van der Waals surface area contributed by atoms with Crippen LogP contribution < -0.4 is 9.37 Å². The molecule has 0 N–H and O–H groups in total. The fourth-order valence-corrected chi connectivity index (χ4v) is 10.2. The van der Waals surface area contributed by atoms with Gasteiger partial charge in [0.05, 0.1) is 0 Å². The van der Waals surface area contributed by atoms with Gasteiger partial charge in [-0.25, -0.2) is 17.6 Å². The minimum Gasteiger partial charge on any atom is -0.381 e. The number of ketones is 2. The zero-order valence-corrected chi connectivity index (χ0v) is 27.2. The normalized spacial score (nSPS) is 18.6. The van der Waals surface area contributed by atoms with Gasteiger partial charge in [0.15, 0.2) is 29.1 Å². The summed E-state index contributed by atoms with van der Waals surface area (Å²) in [5.41, 5.74) is -5.91. The van der Waals surface area contributed by atoms with Crippen LogP contribution in [0.3, 0.4) is 0 Å². The Balaban J connectivity index is 1.64. The largest absolute Gasteiger partial charge is 0.534 e. The van der Waals surface area contributed by atoms with Crippen molar-refractivity contribution in [2.24, 2.45) is 5.92 Å². The molecule has 0 saturated carbocycles. The number of allylic oxidation sites excluding steroid dienone is 5. The summed E-state index contributed by atoms with van der Waals surface area (Å²) in [5, 5.41) is -0.986. The van der Waals surface area contributed by atoms with Crippen LogP contribution in [0.2, 0.25) is 13.1 Å². The number of hydrogen-bond acceptors (Lipinski definition) is 6. The van der Waals surface area contributed by atoms with Crippen LogP contribution in [0.1, 0.15) is 59.2 Å². The molecule has 3 aliphatic rings. The van der Waals surface area contributed by atoms with Crippen molar-refractivity contribution in [1.29, 1.82) is 0 Å². The molecule has 0 amide bonds. The van der Waals surface area contributed by atoms with Gasteiger partial charge in [0, 0.05) is 25.2 Å². The Hall–Kier alpha value is -3.56. The molecule has 0 radical (unpaired) electrons. The Bertz CT molecular complexity index is 1890. The van der Waals surface area contributed by atoms with Crippen LogP contribution in [0.25, 0.3) is 5.57 Å². The van der Waals surface area contributed by atoms with E-state index >= 15 is 13.2 Å². The minimum absolute atomic E-state index is 0.156. The predicted octanol–water partition coefficient (Wildman–Crippen LogP) is 7.21. The third-order valence-electron chi connectivity index (χ3n) is 8.79. The molecule has 5 rings (SSSR count). The number of fused-ring (bicyclic) bond motifs is 2. The lowest BCUT2D eigenvalue weighted by molar-refractivity contribution is -0.115. The van der Waals surface area contributed by atoms with Gasteiger partial charge in [-0.3, -0.25) is 9.59 Å². The molecule has 2 aliphatic heterocycles. The summed E-state index contributed by atoms with van der Waals surface area (Å²) >= 11 is 0. The highest BCUT2D eigenvalue weighted by Gasteiger charge is 2.51. The topological polar surface area (TPSA) is 86.7 Å². The quantitative estimate of drug-likeness (QED) is 0.0951. The highest BCUT2D eigenvalue weighted by atomic mass is 32.2. The SMILES string of the molecule is Cc1cc(C(=O)CCCC2CCOCC2)ccc1C1=C2C=C(F)C(=O)C(F)=C2[Si](C)(C)c2c1cc(F)c(OS(=O)(=O)C(F)(F)F)c2F. The summed E-state index contributed by atoms with van der Waals surface area (Å²) in [6.45, 7) is 5.50. The molecule has 47 heavy (non-hydrogen) atoms. The van der Waals surface area contributed by atoms with Gasteiger partial charge in [0.25, 0.3) is 0 Å². The number of aryl methyl sites for hydroxylation is 1. The first kappa shape index (κ1) is 34.8. The minimum atomic E-state index is -6.52. The number of ether oxygens (including phenoxy) is 1. The molecular formula is C32H29F7O6SSi. The van der Waals surface area contributed by atoms with Crippen LogP contribution in [0.4, 0.5) is 30.7 Å². The van der Waals surface area contributed by atoms with E-state index in [9.17, 15) is 35.6 Å². The monoisotopic (exact) mass is 702 g/mol. The molecule has 2 heterocycles. The maximum Gasteiger partial charge on any atom is 0.534 e. The van der Waals surface area contributed by atoms with Crippen LogP contribution in [0.5, 0.6) is 5.75 Å². The lowest BCUT2D eigenvalue weighted by atomic mass is 9.86. The molecule has 2 aromatic rings. The van der Waals surface area contributed by atoms with Gasteiger partial charge in [0.2, 0.25) is 11.5 Å². The van der Waals surface area contributed by atoms with E-state index in [-0.39, 0.29) is 34.5 Å². The van der Waals surface area contributed by atoms with Crippen molar-refractivity contribution in [3.05, 3.63) is 86.7 Å². The molecule has 0 unspecified atom stereocenters. The van der Waals surface area contributed by atoms with Crippen molar-refractivity contribution in [1.82, 2.24) is 0 Å². The maximum atomic E-state index is 16.1.